The fraction of sp³-hybridized carbons (Fsp3) is 0.909. The van der Waals surface area contributed by atoms with Crippen molar-refractivity contribution in [1.82, 2.24) is 10.6 Å². The van der Waals surface area contributed by atoms with Gasteiger partial charge in [-0.3, -0.25) is 4.79 Å². The molecule has 0 fully saturated rings. The van der Waals surface area contributed by atoms with Gasteiger partial charge in [0.2, 0.25) is 5.91 Å². The van der Waals surface area contributed by atoms with Crippen molar-refractivity contribution in [3.05, 3.63) is 0 Å². The van der Waals surface area contributed by atoms with Crippen molar-refractivity contribution in [2.45, 2.75) is 59.7 Å². The molecule has 3 heteroatoms. The molecule has 84 valence electrons. The van der Waals surface area contributed by atoms with Gasteiger partial charge in [-0.05, 0) is 19.8 Å². The predicted octanol–water partition coefficient (Wildman–Crippen LogP) is 1.53. The second kappa shape index (κ2) is 6.02. The summed E-state index contributed by atoms with van der Waals surface area (Å²) in [5.41, 5.74) is 0. The first-order chi connectivity index (χ1) is 6.34. The quantitative estimate of drug-likeness (QED) is 0.706. The Hall–Kier alpha value is -0.570. The van der Waals surface area contributed by atoms with Crippen molar-refractivity contribution >= 4 is 5.91 Å². The summed E-state index contributed by atoms with van der Waals surface area (Å²) in [4.78, 5) is 11.6. The highest BCUT2D eigenvalue weighted by Gasteiger charge is 2.16. The molecule has 0 rings (SSSR count). The highest BCUT2D eigenvalue weighted by molar-refractivity contribution is 5.81. The van der Waals surface area contributed by atoms with Crippen LogP contribution in [0.2, 0.25) is 0 Å². The summed E-state index contributed by atoms with van der Waals surface area (Å²) in [5.74, 6) is 0.560. The normalized spacial score (nSPS) is 15.7. The monoisotopic (exact) mass is 200 g/mol. The Morgan fingerprint density at radius 3 is 1.86 bits per heavy atom. The number of hydrogen-bond donors (Lipinski definition) is 2. The first-order valence-corrected chi connectivity index (χ1v) is 5.41. The van der Waals surface area contributed by atoms with E-state index in [0.717, 1.165) is 0 Å². The molecule has 0 aliphatic carbocycles. The highest BCUT2D eigenvalue weighted by atomic mass is 16.2. The Kier molecular flexibility index (Phi) is 5.77. The lowest BCUT2D eigenvalue weighted by atomic mass is 10.1. The maximum atomic E-state index is 11.6. The molecule has 3 nitrogen and oxygen atoms in total. The lowest BCUT2D eigenvalue weighted by Crippen LogP contribution is -2.48. The maximum Gasteiger partial charge on any atom is 0.237 e. The van der Waals surface area contributed by atoms with Crippen molar-refractivity contribution < 1.29 is 4.79 Å². The molecule has 0 bridgehead atoms. The van der Waals surface area contributed by atoms with Crippen LogP contribution in [-0.4, -0.2) is 24.0 Å². The van der Waals surface area contributed by atoms with Gasteiger partial charge >= 0.3 is 0 Å². The number of amides is 1. The molecule has 14 heavy (non-hydrogen) atoms. The van der Waals surface area contributed by atoms with E-state index in [1.54, 1.807) is 0 Å². The van der Waals surface area contributed by atoms with Gasteiger partial charge in [0, 0.05) is 12.1 Å². The van der Waals surface area contributed by atoms with Gasteiger partial charge in [0.1, 0.15) is 0 Å². The zero-order valence-corrected chi connectivity index (χ0v) is 10.2. The first-order valence-electron chi connectivity index (χ1n) is 5.41. The minimum atomic E-state index is -0.115. The predicted molar refractivity (Wildman–Crippen MR) is 60.2 cm³/mol. The van der Waals surface area contributed by atoms with Crippen LogP contribution in [-0.2, 0) is 4.79 Å². The molecule has 0 aromatic rings. The van der Waals surface area contributed by atoms with Crippen LogP contribution in [0.15, 0.2) is 0 Å². The minimum absolute atomic E-state index is 0.0832. The number of nitrogens with one attached hydrogen (secondary N) is 2. The van der Waals surface area contributed by atoms with Crippen molar-refractivity contribution in [1.29, 1.82) is 0 Å². The third-order valence-electron chi connectivity index (χ3n) is 2.35. The second-order valence-electron chi connectivity index (χ2n) is 4.58. The van der Waals surface area contributed by atoms with Gasteiger partial charge in [0.05, 0.1) is 6.04 Å². The Labute approximate surface area is 87.6 Å². The average Bonchev–Trinajstić information content (AvgIpc) is 2.02. The van der Waals surface area contributed by atoms with E-state index in [1.807, 2.05) is 27.7 Å². The molecule has 2 atom stereocenters. The van der Waals surface area contributed by atoms with E-state index in [2.05, 4.69) is 24.5 Å². The van der Waals surface area contributed by atoms with Gasteiger partial charge in [-0.2, -0.15) is 0 Å². The van der Waals surface area contributed by atoms with E-state index < -0.39 is 0 Å². The Morgan fingerprint density at radius 1 is 1.00 bits per heavy atom. The van der Waals surface area contributed by atoms with Crippen molar-refractivity contribution in [3.63, 3.8) is 0 Å². The van der Waals surface area contributed by atoms with Crippen molar-refractivity contribution in [3.8, 4) is 0 Å². The number of hydrogen-bond acceptors (Lipinski definition) is 2. The number of carbonyl (C=O) groups excluding carboxylic acids is 1. The highest BCUT2D eigenvalue weighted by Crippen LogP contribution is 2.00. The van der Waals surface area contributed by atoms with Crippen LogP contribution >= 0.6 is 0 Å². The molecule has 0 aliphatic rings. The van der Waals surface area contributed by atoms with Gasteiger partial charge in [-0.1, -0.05) is 27.7 Å². The molecule has 0 spiro atoms. The van der Waals surface area contributed by atoms with E-state index in [4.69, 9.17) is 0 Å². The molecule has 2 unspecified atom stereocenters. The number of rotatable bonds is 5. The van der Waals surface area contributed by atoms with Gasteiger partial charge in [-0.15, -0.1) is 0 Å². The lowest BCUT2D eigenvalue weighted by Gasteiger charge is -2.22. The van der Waals surface area contributed by atoms with Crippen LogP contribution in [0.3, 0.4) is 0 Å². The van der Waals surface area contributed by atoms with E-state index in [1.165, 1.54) is 0 Å². The van der Waals surface area contributed by atoms with Crippen LogP contribution in [0.5, 0.6) is 0 Å². The Morgan fingerprint density at radius 2 is 1.50 bits per heavy atom. The molecule has 0 aromatic heterocycles. The lowest BCUT2D eigenvalue weighted by molar-refractivity contribution is -0.123. The SMILES string of the molecule is CC(C)NC(C)C(=O)NC(C)C(C)C. The standard InChI is InChI=1S/C11H24N2O/c1-7(2)9(5)13-11(14)10(6)12-8(3)4/h7-10,12H,1-6H3,(H,13,14). The smallest absolute Gasteiger partial charge is 0.237 e. The summed E-state index contributed by atoms with van der Waals surface area (Å²) in [5, 5.41) is 6.16. The largest absolute Gasteiger partial charge is 0.352 e. The third kappa shape index (κ3) is 5.22. The summed E-state index contributed by atoms with van der Waals surface area (Å²) < 4.78 is 0. The zero-order chi connectivity index (χ0) is 11.3. The Balaban J connectivity index is 3.95. The summed E-state index contributed by atoms with van der Waals surface area (Å²) in [7, 11) is 0. The molecule has 1 amide bonds. The van der Waals surface area contributed by atoms with E-state index in [0.29, 0.717) is 12.0 Å². The van der Waals surface area contributed by atoms with E-state index >= 15 is 0 Å². The summed E-state index contributed by atoms with van der Waals surface area (Å²) in [6, 6.07) is 0.459. The van der Waals surface area contributed by atoms with Gasteiger partial charge in [0.15, 0.2) is 0 Å². The second-order valence-corrected chi connectivity index (χ2v) is 4.58. The van der Waals surface area contributed by atoms with Gasteiger partial charge in [-0.25, -0.2) is 0 Å². The minimum Gasteiger partial charge on any atom is -0.352 e. The summed E-state index contributed by atoms with van der Waals surface area (Å²) in [6.45, 7) is 12.2. The van der Waals surface area contributed by atoms with Crippen LogP contribution in [0, 0.1) is 5.92 Å². The molecule has 0 aliphatic heterocycles. The molecule has 0 radical (unpaired) electrons. The summed E-state index contributed by atoms with van der Waals surface area (Å²) in [6.07, 6.45) is 0. The van der Waals surface area contributed by atoms with E-state index in [9.17, 15) is 4.79 Å². The fourth-order valence-corrected chi connectivity index (χ4v) is 1.09. The van der Waals surface area contributed by atoms with Crippen molar-refractivity contribution in [2.24, 2.45) is 5.92 Å². The molecular formula is C11H24N2O. The van der Waals surface area contributed by atoms with Crippen LogP contribution in [0.25, 0.3) is 0 Å². The van der Waals surface area contributed by atoms with E-state index in [-0.39, 0.29) is 18.0 Å². The first kappa shape index (κ1) is 13.4. The topological polar surface area (TPSA) is 41.1 Å². The van der Waals surface area contributed by atoms with Crippen LogP contribution < -0.4 is 10.6 Å². The van der Waals surface area contributed by atoms with Crippen LogP contribution in [0.1, 0.15) is 41.5 Å². The molecule has 0 saturated heterocycles. The average molecular weight is 200 g/mol. The molecule has 0 saturated carbocycles. The molecule has 2 N–H and O–H groups in total. The van der Waals surface area contributed by atoms with Crippen LogP contribution in [0.4, 0.5) is 0 Å². The third-order valence-corrected chi connectivity index (χ3v) is 2.35. The molecule has 0 aromatic carbocycles. The fourth-order valence-electron chi connectivity index (χ4n) is 1.09. The maximum absolute atomic E-state index is 11.6. The Bertz CT molecular complexity index is 178. The summed E-state index contributed by atoms with van der Waals surface area (Å²) >= 11 is 0. The van der Waals surface area contributed by atoms with Crippen molar-refractivity contribution in [2.75, 3.05) is 0 Å². The molecular weight excluding hydrogens is 176 g/mol. The zero-order valence-electron chi connectivity index (χ0n) is 10.2. The van der Waals surface area contributed by atoms with Gasteiger partial charge < -0.3 is 10.6 Å². The number of carbonyl (C=O) groups is 1. The molecule has 0 heterocycles. The van der Waals surface area contributed by atoms with Gasteiger partial charge in [0.25, 0.3) is 0 Å².